The van der Waals surface area contributed by atoms with Crippen LogP contribution in [0.5, 0.6) is 0 Å². The van der Waals surface area contributed by atoms with Crippen LogP contribution in [0.25, 0.3) is 11.5 Å². The van der Waals surface area contributed by atoms with E-state index in [1.165, 1.54) is 0 Å². The molecule has 23 heavy (non-hydrogen) atoms. The number of hydrogen-bond acceptors (Lipinski definition) is 5. The van der Waals surface area contributed by atoms with Crippen molar-refractivity contribution in [2.24, 2.45) is 0 Å². The fraction of sp³-hybridized carbons (Fsp3) is 0.188. The molecule has 0 aliphatic carbocycles. The molecule has 3 rings (SSSR count). The summed E-state index contributed by atoms with van der Waals surface area (Å²) in [5.41, 5.74) is 2.72. The first-order valence-corrected chi connectivity index (χ1v) is 8.76. The summed E-state index contributed by atoms with van der Waals surface area (Å²) in [5, 5.41) is 14.8. The summed E-state index contributed by atoms with van der Waals surface area (Å²) >= 11 is 4.97. The van der Waals surface area contributed by atoms with Crippen LogP contribution in [0.3, 0.4) is 0 Å². The van der Waals surface area contributed by atoms with E-state index >= 15 is 0 Å². The molecule has 0 saturated carbocycles. The molecule has 0 radical (unpaired) electrons. The van der Waals surface area contributed by atoms with Crippen molar-refractivity contribution >= 4 is 38.9 Å². The normalized spacial score (nSPS) is 10.7. The van der Waals surface area contributed by atoms with Gasteiger partial charge in [-0.15, -0.1) is 10.2 Å². The molecule has 0 aliphatic rings. The van der Waals surface area contributed by atoms with Gasteiger partial charge < -0.3 is 9.73 Å². The fourth-order valence-electron chi connectivity index (χ4n) is 2.06. The number of halogens is 1. The second kappa shape index (κ2) is 7.06. The maximum Gasteiger partial charge on any atom is 0.248 e. The van der Waals surface area contributed by atoms with E-state index in [1.807, 2.05) is 41.9 Å². The van der Waals surface area contributed by atoms with Crippen LogP contribution in [0.2, 0.25) is 0 Å². The van der Waals surface area contributed by atoms with Gasteiger partial charge in [0.2, 0.25) is 17.7 Å². The molecular formula is C16H14BrN3O2S. The molecule has 1 N–H and O–H groups in total. The average Bonchev–Trinajstić information content (AvgIpc) is 3.18. The van der Waals surface area contributed by atoms with Gasteiger partial charge in [0.25, 0.3) is 0 Å². The first-order chi connectivity index (χ1) is 11.1. The maximum atomic E-state index is 12.0. The Bertz CT molecular complexity index is 815. The third-order valence-corrected chi connectivity index (χ3v) is 4.44. The van der Waals surface area contributed by atoms with Gasteiger partial charge in [-0.05, 0) is 42.1 Å². The van der Waals surface area contributed by atoms with Crippen molar-refractivity contribution < 1.29 is 9.21 Å². The van der Waals surface area contributed by atoms with Crippen LogP contribution in [-0.2, 0) is 11.2 Å². The largest absolute Gasteiger partial charge is 0.421 e. The minimum Gasteiger partial charge on any atom is -0.421 e. The first kappa shape index (κ1) is 15.9. The van der Waals surface area contributed by atoms with E-state index in [4.69, 9.17) is 4.42 Å². The summed E-state index contributed by atoms with van der Waals surface area (Å²) in [5.74, 6) is 0.880. The molecule has 2 heterocycles. The van der Waals surface area contributed by atoms with Gasteiger partial charge in [-0.2, -0.15) is 11.3 Å². The van der Waals surface area contributed by atoms with Crippen LogP contribution in [0, 0.1) is 6.92 Å². The summed E-state index contributed by atoms with van der Waals surface area (Å²) in [6.07, 6.45) is 0.708. The van der Waals surface area contributed by atoms with Gasteiger partial charge in [-0.25, -0.2) is 0 Å². The molecular weight excluding hydrogens is 378 g/mol. The van der Waals surface area contributed by atoms with Crippen molar-refractivity contribution in [1.82, 2.24) is 10.2 Å². The van der Waals surface area contributed by atoms with Gasteiger partial charge in [0.05, 0.1) is 0 Å². The lowest BCUT2D eigenvalue weighted by atomic mass is 10.2. The van der Waals surface area contributed by atoms with Gasteiger partial charge in [0.15, 0.2) is 0 Å². The van der Waals surface area contributed by atoms with Crippen molar-refractivity contribution in [2.75, 3.05) is 5.32 Å². The summed E-state index contributed by atoms with van der Waals surface area (Å²) < 4.78 is 6.55. The number of thiophene rings is 1. The van der Waals surface area contributed by atoms with Gasteiger partial charge in [-0.1, -0.05) is 15.9 Å². The number of rotatable bonds is 5. The molecule has 1 amide bonds. The fourth-order valence-corrected chi connectivity index (χ4v) is 3.16. The molecule has 2 aromatic heterocycles. The summed E-state index contributed by atoms with van der Waals surface area (Å²) in [6, 6.07) is 7.65. The van der Waals surface area contributed by atoms with Crippen molar-refractivity contribution in [1.29, 1.82) is 0 Å². The van der Waals surface area contributed by atoms with E-state index < -0.39 is 0 Å². The molecule has 0 bridgehead atoms. The summed E-state index contributed by atoms with van der Waals surface area (Å²) in [7, 11) is 0. The highest BCUT2D eigenvalue weighted by Crippen LogP contribution is 2.22. The van der Waals surface area contributed by atoms with E-state index in [9.17, 15) is 4.79 Å². The highest BCUT2D eigenvalue weighted by atomic mass is 79.9. The predicted molar refractivity (Wildman–Crippen MR) is 93.4 cm³/mol. The molecule has 7 heteroatoms. The Balaban J connectivity index is 1.57. The van der Waals surface area contributed by atoms with Crippen LogP contribution < -0.4 is 5.32 Å². The second-order valence-corrected chi connectivity index (χ2v) is 6.72. The molecule has 1 aromatic carbocycles. The predicted octanol–water partition coefficient (Wildman–Crippen LogP) is 4.44. The topological polar surface area (TPSA) is 68.0 Å². The Morgan fingerprint density at radius 3 is 2.96 bits per heavy atom. The minimum absolute atomic E-state index is 0.0781. The number of carbonyl (C=O) groups is 1. The molecule has 0 aliphatic heterocycles. The molecule has 0 unspecified atom stereocenters. The van der Waals surface area contributed by atoms with Crippen molar-refractivity contribution in [2.45, 2.75) is 19.8 Å². The Labute approximate surface area is 145 Å². The zero-order valence-electron chi connectivity index (χ0n) is 12.4. The van der Waals surface area contributed by atoms with E-state index in [-0.39, 0.29) is 5.91 Å². The van der Waals surface area contributed by atoms with E-state index in [0.29, 0.717) is 24.6 Å². The van der Waals surface area contributed by atoms with Gasteiger partial charge in [-0.3, -0.25) is 4.79 Å². The van der Waals surface area contributed by atoms with E-state index in [1.54, 1.807) is 11.3 Å². The number of nitrogens with one attached hydrogen (secondary N) is 1. The number of hydrogen-bond donors (Lipinski definition) is 1. The van der Waals surface area contributed by atoms with Crippen LogP contribution in [0.4, 0.5) is 5.69 Å². The van der Waals surface area contributed by atoms with Crippen LogP contribution in [0.15, 0.2) is 43.9 Å². The minimum atomic E-state index is -0.0781. The molecule has 0 fully saturated rings. The first-order valence-electron chi connectivity index (χ1n) is 7.03. The molecule has 118 valence electrons. The molecule has 0 atom stereocenters. The second-order valence-electron chi connectivity index (χ2n) is 5.02. The number of aryl methyl sites for hydroxylation is 2. The SMILES string of the molecule is Cc1cc(Br)ccc1NC(=O)CCc1nnc(-c2ccsc2)o1. The third kappa shape index (κ3) is 4.05. The van der Waals surface area contributed by atoms with Crippen LogP contribution >= 0.6 is 27.3 Å². The van der Waals surface area contributed by atoms with Crippen molar-refractivity contribution in [3.05, 3.63) is 51.0 Å². The van der Waals surface area contributed by atoms with E-state index in [2.05, 4.69) is 31.4 Å². The molecule has 0 spiro atoms. The summed E-state index contributed by atoms with van der Waals surface area (Å²) in [4.78, 5) is 12.0. The third-order valence-electron chi connectivity index (χ3n) is 3.26. The van der Waals surface area contributed by atoms with Gasteiger partial charge >= 0.3 is 0 Å². The van der Waals surface area contributed by atoms with Crippen molar-refractivity contribution in [3.63, 3.8) is 0 Å². The molecule has 0 saturated heterocycles. The van der Waals surface area contributed by atoms with Crippen molar-refractivity contribution in [3.8, 4) is 11.5 Å². The number of aromatic nitrogens is 2. The van der Waals surface area contributed by atoms with Gasteiger partial charge in [0.1, 0.15) is 0 Å². The lowest BCUT2D eigenvalue weighted by Gasteiger charge is -2.08. The number of carbonyl (C=O) groups excluding carboxylic acids is 1. The quantitative estimate of drug-likeness (QED) is 0.697. The number of benzene rings is 1. The average molecular weight is 392 g/mol. The highest BCUT2D eigenvalue weighted by Gasteiger charge is 2.11. The molecule has 3 aromatic rings. The maximum absolute atomic E-state index is 12.0. The zero-order valence-corrected chi connectivity index (χ0v) is 14.8. The Morgan fingerprint density at radius 2 is 2.22 bits per heavy atom. The standard InChI is InChI=1S/C16H14BrN3O2S/c1-10-8-12(17)2-3-13(10)18-14(21)4-5-15-19-20-16(22-15)11-6-7-23-9-11/h2-3,6-9H,4-5H2,1H3,(H,18,21). The Kier molecular flexibility index (Phi) is 4.88. The lowest BCUT2D eigenvalue weighted by molar-refractivity contribution is -0.116. The molecule has 5 nitrogen and oxygen atoms in total. The summed E-state index contributed by atoms with van der Waals surface area (Å²) in [6.45, 7) is 1.95. The zero-order chi connectivity index (χ0) is 16.2. The Morgan fingerprint density at radius 1 is 1.35 bits per heavy atom. The Hall–Kier alpha value is -1.99. The van der Waals surface area contributed by atoms with Gasteiger partial charge in [0, 0.05) is 33.9 Å². The highest BCUT2D eigenvalue weighted by molar-refractivity contribution is 9.10. The number of anilines is 1. The van der Waals surface area contributed by atoms with E-state index in [0.717, 1.165) is 21.3 Å². The lowest BCUT2D eigenvalue weighted by Crippen LogP contribution is -2.13. The number of nitrogens with zero attached hydrogens (tertiary/aromatic N) is 2. The van der Waals surface area contributed by atoms with Crippen LogP contribution in [0.1, 0.15) is 17.9 Å². The smallest absolute Gasteiger partial charge is 0.248 e. The monoisotopic (exact) mass is 391 g/mol. The number of amides is 1. The van der Waals surface area contributed by atoms with Crippen LogP contribution in [-0.4, -0.2) is 16.1 Å².